The Morgan fingerprint density at radius 3 is 2.29 bits per heavy atom. The smallest absolute Gasteiger partial charge is 0.266 e. The van der Waals surface area contributed by atoms with Crippen molar-refractivity contribution in [3.05, 3.63) is 94.0 Å². The Kier molecular flexibility index (Phi) is 4.45. The molecule has 0 saturated heterocycles. The van der Waals surface area contributed by atoms with Crippen LogP contribution in [0.3, 0.4) is 0 Å². The van der Waals surface area contributed by atoms with Crippen molar-refractivity contribution < 1.29 is 14.4 Å². The second kappa shape index (κ2) is 6.94. The highest BCUT2D eigenvalue weighted by Gasteiger charge is 2.37. The molecule has 0 aliphatic carbocycles. The van der Waals surface area contributed by atoms with Crippen molar-refractivity contribution in [3.8, 4) is 0 Å². The molecule has 1 aliphatic heterocycles. The minimum atomic E-state index is -0.435. The average molecular weight is 391 g/mol. The first-order valence-electron chi connectivity index (χ1n) is 8.61. The Bertz CT molecular complexity index is 1120. The summed E-state index contributed by atoms with van der Waals surface area (Å²) < 4.78 is 0. The number of carbonyl (C=O) groups is 3. The Morgan fingerprint density at radius 2 is 1.57 bits per heavy atom. The highest BCUT2D eigenvalue weighted by atomic mass is 35.5. The summed E-state index contributed by atoms with van der Waals surface area (Å²) in [6.07, 6.45) is 0. The number of imide groups is 1. The Hall–Kier alpha value is -3.44. The number of hydrogen-bond acceptors (Lipinski definition) is 3. The van der Waals surface area contributed by atoms with Gasteiger partial charge < -0.3 is 5.32 Å². The number of amides is 3. The van der Waals surface area contributed by atoms with E-state index < -0.39 is 5.91 Å². The van der Waals surface area contributed by atoms with Crippen LogP contribution in [-0.4, -0.2) is 17.7 Å². The molecule has 1 aliphatic rings. The third-order valence-electron chi connectivity index (χ3n) is 4.61. The lowest BCUT2D eigenvalue weighted by Crippen LogP contribution is -2.29. The topological polar surface area (TPSA) is 66.5 Å². The van der Waals surface area contributed by atoms with Gasteiger partial charge in [-0.3, -0.25) is 14.4 Å². The summed E-state index contributed by atoms with van der Waals surface area (Å²) in [6.45, 7) is 1.84. The normalized spacial score (nSPS) is 12.9. The van der Waals surface area contributed by atoms with E-state index in [9.17, 15) is 14.4 Å². The molecule has 3 aromatic rings. The van der Waals surface area contributed by atoms with Crippen molar-refractivity contribution >= 4 is 40.7 Å². The summed E-state index contributed by atoms with van der Waals surface area (Å²) in [6, 6.07) is 18.4. The van der Waals surface area contributed by atoms with Crippen LogP contribution < -0.4 is 10.2 Å². The molecular weight excluding hydrogens is 376 g/mol. The molecule has 0 fully saturated rings. The van der Waals surface area contributed by atoms with Crippen LogP contribution in [0.5, 0.6) is 0 Å². The minimum Gasteiger partial charge on any atom is -0.322 e. The molecule has 0 bridgehead atoms. The number of fused-ring (bicyclic) bond motifs is 1. The number of rotatable bonds is 3. The Balaban J connectivity index is 1.64. The SMILES string of the molecule is Cc1ccccc1N1C(=O)c2ccc(C(=O)Nc3ccc(Cl)cc3)cc2C1=O. The molecule has 5 nitrogen and oxygen atoms in total. The molecule has 0 radical (unpaired) electrons. The molecule has 0 saturated carbocycles. The number of halogens is 1. The number of nitrogens with zero attached hydrogens (tertiary/aromatic N) is 1. The summed E-state index contributed by atoms with van der Waals surface area (Å²) in [5.74, 6) is -1.20. The van der Waals surface area contributed by atoms with Crippen LogP contribution in [-0.2, 0) is 0 Å². The van der Waals surface area contributed by atoms with Crippen LogP contribution in [0.25, 0.3) is 0 Å². The molecule has 28 heavy (non-hydrogen) atoms. The van der Waals surface area contributed by atoms with Gasteiger partial charge in [-0.15, -0.1) is 0 Å². The van der Waals surface area contributed by atoms with E-state index in [-0.39, 0.29) is 22.9 Å². The van der Waals surface area contributed by atoms with Crippen LogP contribution in [0.1, 0.15) is 36.6 Å². The molecule has 1 N–H and O–H groups in total. The van der Waals surface area contributed by atoms with Gasteiger partial charge in [0.15, 0.2) is 0 Å². The monoisotopic (exact) mass is 390 g/mol. The lowest BCUT2D eigenvalue weighted by molar-refractivity contribution is 0.0925. The maximum atomic E-state index is 12.9. The highest BCUT2D eigenvalue weighted by molar-refractivity contribution is 6.35. The molecule has 3 amide bonds. The minimum absolute atomic E-state index is 0.219. The number of para-hydroxylation sites is 1. The van der Waals surface area contributed by atoms with E-state index in [4.69, 9.17) is 11.6 Å². The molecule has 1 heterocycles. The highest BCUT2D eigenvalue weighted by Crippen LogP contribution is 2.31. The number of carbonyl (C=O) groups excluding carboxylic acids is 3. The summed E-state index contributed by atoms with van der Waals surface area (Å²) in [5, 5.41) is 3.31. The molecule has 4 rings (SSSR count). The second-order valence-electron chi connectivity index (χ2n) is 6.45. The third kappa shape index (κ3) is 3.06. The fourth-order valence-electron chi connectivity index (χ4n) is 3.15. The van der Waals surface area contributed by atoms with Crippen molar-refractivity contribution in [1.29, 1.82) is 0 Å². The van der Waals surface area contributed by atoms with Gasteiger partial charge in [-0.2, -0.15) is 0 Å². The van der Waals surface area contributed by atoms with Crippen LogP contribution in [0.15, 0.2) is 66.7 Å². The summed E-state index contributed by atoms with van der Waals surface area (Å²) >= 11 is 5.85. The number of benzene rings is 3. The first-order chi connectivity index (χ1) is 13.5. The predicted molar refractivity (Wildman–Crippen MR) is 108 cm³/mol. The van der Waals surface area contributed by atoms with Gasteiger partial charge in [-0.25, -0.2) is 4.90 Å². The fourth-order valence-corrected chi connectivity index (χ4v) is 3.28. The fraction of sp³-hybridized carbons (Fsp3) is 0.0455. The molecule has 0 unspecified atom stereocenters. The van der Waals surface area contributed by atoms with Crippen molar-refractivity contribution in [2.75, 3.05) is 10.2 Å². The number of nitrogens with one attached hydrogen (secondary N) is 1. The molecule has 0 atom stereocenters. The molecule has 6 heteroatoms. The third-order valence-corrected chi connectivity index (χ3v) is 4.86. The molecule has 0 aromatic heterocycles. The first-order valence-corrected chi connectivity index (χ1v) is 8.99. The predicted octanol–water partition coefficient (Wildman–Crippen LogP) is 4.70. The van der Waals surface area contributed by atoms with E-state index in [1.165, 1.54) is 18.2 Å². The van der Waals surface area contributed by atoms with Crippen LogP contribution >= 0.6 is 11.6 Å². The van der Waals surface area contributed by atoms with E-state index in [0.717, 1.165) is 10.5 Å². The van der Waals surface area contributed by atoms with Gasteiger partial charge in [0.25, 0.3) is 17.7 Å². The summed E-state index contributed by atoms with van der Waals surface area (Å²) in [5.41, 5.74) is 2.74. The van der Waals surface area contributed by atoms with Crippen molar-refractivity contribution in [1.82, 2.24) is 0 Å². The number of aryl methyl sites for hydroxylation is 1. The quantitative estimate of drug-likeness (QED) is 0.659. The zero-order valence-corrected chi connectivity index (χ0v) is 15.7. The number of anilines is 2. The summed E-state index contributed by atoms with van der Waals surface area (Å²) in [7, 11) is 0. The van der Waals surface area contributed by atoms with E-state index in [1.54, 1.807) is 36.4 Å². The molecular formula is C22H15ClN2O3. The van der Waals surface area contributed by atoms with E-state index in [2.05, 4.69) is 5.32 Å². The van der Waals surface area contributed by atoms with Crippen molar-refractivity contribution in [2.45, 2.75) is 6.92 Å². The maximum Gasteiger partial charge on any atom is 0.266 e. The lowest BCUT2D eigenvalue weighted by Gasteiger charge is -2.16. The van der Waals surface area contributed by atoms with E-state index in [1.807, 2.05) is 19.1 Å². The van der Waals surface area contributed by atoms with Gasteiger partial charge in [-0.05, 0) is 61.0 Å². The standard InChI is InChI=1S/C22H15ClN2O3/c1-13-4-2-3-5-19(13)25-21(27)17-11-6-14(12-18(17)22(25)28)20(26)24-16-9-7-15(23)8-10-16/h2-12H,1H3,(H,24,26). The maximum absolute atomic E-state index is 12.9. The van der Waals surface area contributed by atoms with Crippen molar-refractivity contribution in [3.63, 3.8) is 0 Å². The van der Waals surface area contributed by atoms with Gasteiger partial charge in [0.1, 0.15) is 0 Å². The van der Waals surface area contributed by atoms with Crippen molar-refractivity contribution in [2.24, 2.45) is 0 Å². The van der Waals surface area contributed by atoms with E-state index >= 15 is 0 Å². The zero-order chi connectivity index (χ0) is 19.8. The Morgan fingerprint density at radius 1 is 0.893 bits per heavy atom. The van der Waals surface area contributed by atoms with Gasteiger partial charge in [0.05, 0.1) is 16.8 Å². The van der Waals surface area contributed by atoms with Gasteiger partial charge >= 0.3 is 0 Å². The van der Waals surface area contributed by atoms with Gasteiger partial charge in [0.2, 0.25) is 0 Å². The zero-order valence-electron chi connectivity index (χ0n) is 14.9. The van der Waals surface area contributed by atoms with Gasteiger partial charge in [0, 0.05) is 16.3 Å². The molecule has 0 spiro atoms. The summed E-state index contributed by atoms with van der Waals surface area (Å²) in [4.78, 5) is 39.3. The first kappa shape index (κ1) is 17.9. The van der Waals surface area contributed by atoms with Crippen LogP contribution in [0.4, 0.5) is 11.4 Å². The number of hydrogen-bond donors (Lipinski definition) is 1. The molecule has 3 aromatic carbocycles. The van der Waals surface area contributed by atoms with Crippen LogP contribution in [0.2, 0.25) is 5.02 Å². The lowest BCUT2D eigenvalue weighted by atomic mass is 10.1. The molecule has 138 valence electrons. The largest absolute Gasteiger partial charge is 0.322 e. The Labute approximate surface area is 166 Å². The average Bonchev–Trinajstić information content (AvgIpc) is 2.94. The van der Waals surface area contributed by atoms with E-state index in [0.29, 0.717) is 22.0 Å². The van der Waals surface area contributed by atoms with Crippen LogP contribution in [0, 0.1) is 6.92 Å². The van der Waals surface area contributed by atoms with Gasteiger partial charge in [-0.1, -0.05) is 29.8 Å². The second-order valence-corrected chi connectivity index (χ2v) is 6.89.